The lowest BCUT2D eigenvalue weighted by Gasteiger charge is -2.10. The topological polar surface area (TPSA) is 69.0 Å². The Kier molecular flexibility index (Phi) is 6.23. The van der Waals surface area contributed by atoms with E-state index in [0.29, 0.717) is 18.4 Å². The van der Waals surface area contributed by atoms with E-state index in [0.717, 1.165) is 17.0 Å². The van der Waals surface area contributed by atoms with E-state index in [1.807, 2.05) is 20.9 Å². The van der Waals surface area contributed by atoms with E-state index in [1.165, 1.54) is 12.3 Å². The third-order valence-corrected chi connectivity index (χ3v) is 3.93. The molecule has 0 bridgehead atoms. The predicted molar refractivity (Wildman–Crippen MR) is 88.6 cm³/mol. The molecule has 0 saturated heterocycles. The summed E-state index contributed by atoms with van der Waals surface area (Å²) in [4.78, 5) is 15.8. The van der Waals surface area contributed by atoms with Crippen LogP contribution in [0.2, 0.25) is 0 Å². The molecule has 1 amide bonds. The highest BCUT2D eigenvalue weighted by Crippen LogP contribution is 2.18. The summed E-state index contributed by atoms with van der Waals surface area (Å²) in [6, 6.07) is 2.98. The number of amides is 1. The van der Waals surface area contributed by atoms with E-state index in [9.17, 15) is 18.0 Å². The summed E-state index contributed by atoms with van der Waals surface area (Å²) in [6.07, 6.45) is -2.20. The number of nitrogens with zero attached hydrogens (tertiary/aromatic N) is 3. The smallest absolute Gasteiger partial charge is 0.422 e. The number of aryl methyl sites for hydroxylation is 2. The van der Waals surface area contributed by atoms with Crippen LogP contribution in [-0.4, -0.2) is 33.5 Å². The largest absolute Gasteiger partial charge is 0.468 e. The summed E-state index contributed by atoms with van der Waals surface area (Å²) in [5, 5.41) is 7.05. The molecule has 0 unspecified atom stereocenters. The van der Waals surface area contributed by atoms with Crippen LogP contribution in [0.15, 0.2) is 18.3 Å². The lowest BCUT2D eigenvalue weighted by atomic mass is 10.1. The number of hydrogen-bond donors (Lipinski definition) is 1. The van der Waals surface area contributed by atoms with Crippen molar-refractivity contribution in [2.24, 2.45) is 7.05 Å². The van der Waals surface area contributed by atoms with Crippen LogP contribution in [0.4, 0.5) is 13.2 Å². The fraction of sp³-hybridized carbons (Fsp3) is 0.471. The molecule has 0 aromatic carbocycles. The van der Waals surface area contributed by atoms with Crippen LogP contribution in [0.3, 0.4) is 0 Å². The molecule has 0 saturated carbocycles. The van der Waals surface area contributed by atoms with Crippen molar-refractivity contribution in [1.82, 2.24) is 20.1 Å². The van der Waals surface area contributed by atoms with Crippen molar-refractivity contribution in [3.63, 3.8) is 0 Å². The summed E-state index contributed by atoms with van der Waals surface area (Å²) < 4.78 is 42.9. The van der Waals surface area contributed by atoms with Gasteiger partial charge in [0, 0.05) is 38.0 Å². The summed E-state index contributed by atoms with van der Waals surface area (Å²) in [7, 11) is 1.85. The predicted octanol–water partition coefficient (Wildman–Crippen LogP) is 2.62. The van der Waals surface area contributed by atoms with Gasteiger partial charge in [-0.3, -0.25) is 9.48 Å². The van der Waals surface area contributed by atoms with Gasteiger partial charge in [-0.25, -0.2) is 4.98 Å². The van der Waals surface area contributed by atoms with Crippen LogP contribution in [0.1, 0.15) is 28.9 Å². The molecule has 0 aliphatic heterocycles. The Bertz CT molecular complexity index is 772. The van der Waals surface area contributed by atoms with Gasteiger partial charge in [-0.2, -0.15) is 18.3 Å². The fourth-order valence-corrected chi connectivity index (χ4v) is 2.50. The highest BCUT2D eigenvalue weighted by atomic mass is 19.4. The Balaban J connectivity index is 1.83. The van der Waals surface area contributed by atoms with Gasteiger partial charge in [0.05, 0.1) is 5.69 Å². The molecule has 0 fully saturated rings. The Morgan fingerprint density at radius 2 is 2.08 bits per heavy atom. The van der Waals surface area contributed by atoms with Gasteiger partial charge in [-0.05, 0) is 37.5 Å². The Labute approximate surface area is 149 Å². The van der Waals surface area contributed by atoms with Crippen molar-refractivity contribution in [1.29, 1.82) is 0 Å². The number of aromatic nitrogens is 3. The molecule has 26 heavy (non-hydrogen) atoms. The molecule has 0 aliphatic rings. The van der Waals surface area contributed by atoms with Crippen molar-refractivity contribution in [3.05, 3.63) is 40.8 Å². The molecular formula is C17H21F3N4O2. The third kappa shape index (κ3) is 5.75. The van der Waals surface area contributed by atoms with Crippen LogP contribution in [-0.2, 0) is 24.8 Å². The molecule has 2 aromatic rings. The first-order valence-corrected chi connectivity index (χ1v) is 8.06. The van der Waals surface area contributed by atoms with E-state index >= 15 is 0 Å². The number of carbonyl (C=O) groups is 1. The van der Waals surface area contributed by atoms with E-state index < -0.39 is 12.8 Å². The molecule has 142 valence electrons. The standard InChI is InChI=1S/C17H21F3N4O2/c1-11-14(12(2)24(3)23-11)4-5-15(25)22-9-13-6-7-21-16(8-13)26-10-17(18,19)20/h6-8H,4-5,9-10H2,1-3H3,(H,22,25). The van der Waals surface area contributed by atoms with Crippen molar-refractivity contribution in [3.8, 4) is 5.88 Å². The molecular weight excluding hydrogens is 349 g/mol. The molecule has 1 N–H and O–H groups in total. The van der Waals surface area contributed by atoms with Gasteiger partial charge < -0.3 is 10.1 Å². The van der Waals surface area contributed by atoms with Gasteiger partial charge in [0.2, 0.25) is 11.8 Å². The van der Waals surface area contributed by atoms with Gasteiger partial charge >= 0.3 is 6.18 Å². The lowest BCUT2D eigenvalue weighted by molar-refractivity contribution is -0.154. The highest BCUT2D eigenvalue weighted by Gasteiger charge is 2.28. The molecule has 2 heterocycles. The van der Waals surface area contributed by atoms with E-state index in [2.05, 4.69) is 20.1 Å². The maximum atomic E-state index is 12.2. The van der Waals surface area contributed by atoms with Gasteiger partial charge in [0.1, 0.15) is 0 Å². The number of hydrogen-bond acceptors (Lipinski definition) is 4. The quantitative estimate of drug-likeness (QED) is 0.814. The first kappa shape index (κ1) is 19.7. The number of halogens is 3. The number of carbonyl (C=O) groups excluding carboxylic acids is 1. The maximum absolute atomic E-state index is 12.2. The van der Waals surface area contributed by atoms with Crippen LogP contribution in [0.5, 0.6) is 5.88 Å². The number of nitrogens with one attached hydrogen (secondary N) is 1. The second kappa shape index (κ2) is 8.20. The number of rotatable bonds is 7. The molecule has 0 spiro atoms. The molecule has 0 aliphatic carbocycles. The second-order valence-electron chi connectivity index (χ2n) is 5.96. The lowest BCUT2D eigenvalue weighted by Crippen LogP contribution is -2.23. The van der Waals surface area contributed by atoms with E-state index in [-0.39, 0.29) is 18.3 Å². The van der Waals surface area contributed by atoms with Crippen molar-refractivity contribution in [2.75, 3.05) is 6.61 Å². The zero-order valence-electron chi connectivity index (χ0n) is 14.9. The number of alkyl halides is 3. The Hall–Kier alpha value is -2.58. The van der Waals surface area contributed by atoms with Crippen molar-refractivity contribution < 1.29 is 22.7 Å². The average Bonchev–Trinajstić information content (AvgIpc) is 2.81. The normalized spacial score (nSPS) is 11.5. The monoisotopic (exact) mass is 370 g/mol. The summed E-state index contributed by atoms with van der Waals surface area (Å²) in [5.74, 6) is -0.280. The number of ether oxygens (including phenoxy) is 1. The van der Waals surface area contributed by atoms with Gasteiger partial charge in [-0.15, -0.1) is 0 Å². The minimum Gasteiger partial charge on any atom is -0.468 e. The molecule has 2 aromatic heterocycles. The molecule has 6 nitrogen and oxygen atoms in total. The van der Waals surface area contributed by atoms with Gasteiger partial charge in [-0.1, -0.05) is 0 Å². The Morgan fingerprint density at radius 1 is 1.35 bits per heavy atom. The highest BCUT2D eigenvalue weighted by molar-refractivity contribution is 5.76. The summed E-state index contributed by atoms with van der Waals surface area (Å²) in [5.41, 5.74) is 3.59. The Morgan fingerprint density at radius 3 is 2.69 bits per heavy atom. The van der Waals surface area contributed by atoms with Crippen molar-refractivity contribution >= 4 is 5.91 Å². The van der Waals surface area contributed by atoms with Crippen LogP contribution < -0.4 is 10.1 Å². The maximum Gasteiger partial charge on any atom is 0.422 e. The first-order chi connectivity index (χ1) is 12.2. The summed E-state index contributed by atoms with van der Waals surface area (Å²) >= 11 is 0. The SMILES string of the molecule is Cc1nn(C)c(C)c1CCC(=O)NCc1ccnc(OCC(F)(F)F)c1. The first-order valence-electron chi connectivity index (χ1n) is 8.06. The number of pyridine rings is 1. The zero-order valence-corrected chi connectivity index (χ0v) is 14.9. The zero-order chi connectivity index (χ0) is 19.3. The van der Waals surface area contributed by atoms with E-state index in [4.69, 9.17) is 0 Å². The minimum atomic E-state index is -4.42. The molecule has 9 heteroatoms. The van der Waals surface area contributed by atoms with Crippen LogP contribution in [0.25, 0.3) is 0 Å². The van der Waals surface area contributed by atoms with Gasteiger partial charge in [0.15, 0.2) is 6.61 Å². The molecule has 0 atom stereocenters. The molecule has 2 rings (SSSR count). The van der Waals surface area contributed by atoms with Gasteiger partial charge in [0.25, 0.3) is 0 Å². The average molecular weight is 370 g/mol. The van der Waals surface area contributed by atoms with Crippen molar-refractivity contribution in [2.45, 2.75) is 39.4 Å². The third-order valence-electron chi connectivity index (χ3n) is 3.93. The fourth-order valence-electron chi connectivity index (χ4n) is 2.50. The van der Waals surface area contributed by atoms with E-state index in [1.54, 1.807) is 10.7 Å². The van der Waals surface area contributed by atoms with Crippen LogP contribution in [0, 0.1) is 13.8 Å². The molecule has 0 radical (unpaired) electrons. The minimum absolute atomic E-state index is 0.129. The second-order valence-corrected chi connectivity index (χ2v) is 5.96. The summed E-state index contributed by atoms with van der Waals surface area (Å²) in [6.45, 7) is 2.64. The van der Waals surface area contributed by atoms with Crippen LogP contribution >= 0.6 is 0 Å².